The number of carbonyl (C=O) groups excluding carboxylic acids is 2. The molecule has 1 aromatic rings. The maximum Gasteiger partial charge on any atom is 0.325 e. The van der Waals surface area contributed by atoms with E-state index in [0.29, 0.717) is 0 Å². The molecule has 0 unspecified atom stereocenters. The summed E-state index contributed by atoms with van der Waals surface area (Å²) < 4.78 is 9.55. The summed E-state index contributed by atoms with van der Waals surface area (Å²) >= 11 is 5.59. The number of methoxy groups -OCH3 is 1. The minimum absolute atomic E-state index is 0.104. The third-order valence-electron chi connectivity index (χ3n) is 2.20. The second-order valence-electron chi connectivity index (χ2n) is 3.71. The summed E-state index contributed by atoms with van der Waals surface area (Å²) in [5.74, 6) is -0.769. The van der Waals surface area contributed by atoms with Crippen LogP contribution in [0.4, 0.5) is 0 Å². The first-order valence-electron chi connectivity index (χ1n) is 5.08. The van der Waals surface area contributed by atoms with E-state index in [4.69, 9.17) is 16.0 Å². The number of halogens is 1. The van der Waals surface area contributed by atoms with Crippen molar-refractivity contribution in [1.82, 2.24) is 4.90 Å². The van der Waals surface area contributed by atoms with E-state index in [1.807, 2.05) is 0 Å². The first-order valence-corrected chi connectivity index (χ1v) is 5.46. The van der Waals surface area contributed by atoms with E-state index in [2.05, 4.69) is 4.74 Å². The number of ether oxygens (including phenoxy) is 1. The van der Waals surface area contributed by atoms with Crippen molar-refractivity contribution >= 4 is 23.5 Å². The molecule has 1 heterocycles. The smallest absolute Gasteiger partial charge is 0.325 e. The Kier molecular flexibility index (Phi) is 4.57. The van der Waals surface area contributed by atoms with E-state index < -0.39 is 11.9 Å². The molecule has 1 rings (SSSR count). The predicted octanol–water partition coefficient (Wildman–Crippen LogP) is 1.96. The summed E-state index contributed by atoms with van der Waals surface area (Å²) in [6.45, 7) is 3.47. The maximum atomic E-state index is 12.0. The highest BCUT2D eigenvalue weighted by Gasteiger charge is 2.24. The van der Waals surface area contributed by atoms with Crippen molar-refractivity contribution in [1.29, 1.82) is 0 Å². The van der Waals surface area contributed by atoms with Crippen LogP contribution in [-0.2, 0) is 9.53 Å². The second-order valence-corrected chi connectivity index (χ2v) is 4.08. The molecule has 0 saturated heterocycles. The number of nitrogens with zero attached hydrogens (tertiary/aromatic N) is 1. The highest BCUT2D eigenvalue weighted by Crippen LogP contribution is 2.16. The van der Waals surface area contributed by atoms with Gasteiger partial charge in [-0.3, -0.25) is 9.59 Å². The summed E-state index contributed by atoms with van der Waals surface area (Å²) in [4.78, 5) is 24.6. The molecule has 0 saturated carbocycles. The molecule has 0 spiro atoms. The fourth-order valence-corrected chi connectivity index (χ4v) is 1.41. The van der Waals surface area contributed by atoms with E-state index >= 15 is 0 Å². The van der Waals surface area contributed by atoms with E-state index in [0.717, 1.165) is 0 Å². The van der Waals surface area contributed by atoms with Crippen LogP contribution in [-0.4, -0.2) is 36.5 Å². The summed E-state index contributed by atoms with van der Waals surface area (Å²) in [7, 11) is 1.27. The van der Waals surface area contributed by atoms with Crippen LogP contribution in [0.25, 0.3) is 0 Å². The Morgan fingerprint density at radius 3 is 2.53 bits per heavy atom. The third kappa shape index (κ3) is 3.49. The Bertz CT molecular complexity index is 413. The Morgan fingerprint density at radius 2 is 2.12 bits per heavy atom. The van der Waals surface area contributed by atoms with Crippen molar-refractivity contribution in [2.75, 3.05) is 13.7 Å². The van der Waals surface area contributed by atoms with E-state index in [-0.39, 0.29) is 23.6 Å². The molecule has 0 radical (unpaired) electrons. The Morgan fingerprint density at radius 1 is 1.47 bits per heavy atom. The van der Waals surface area contributed by atoms with Gasteiger partial charge < -0.3 is 14.1 Å². The highest BCUT2D eigenvalue weighted by molar-refractivity contribution is 6.29. The Balaban J connectivity index is 2.84. The van der Waals surface area contributed by atoms with Crippen LogP contribution < -0.4 is 0 Å². The van der Waals surface area contributed by atoms with E-state index in [9.17, 15) is 9.59 Å². The molecule has 5 nitrogen and oxygen atoms in total. The fourth-order valence-electron chi connectivity index (χ4n) is 1.26. The van der Waals surface area contributed by atoms with Crippen LogP contribution in [0, 0.1) is 0 Å². The van der Waals surface area contributed by atoms with Crippen molar-refractivity contribution in [3.63, 3.8) is 0 Å². The Labute approximate surface area is 104 Å². The monoisotopic (exact) mass is 259 g/mol. The number of furan rings is 1. The molecule has 1 amide bonds. The predicted molar refractivity (Wildman–Crippen MR) is 61.9 cm³/mol. The standard InChI is InChI=1S/C11H14ClNO4/c1-7(2)13(6-10(14)16-3)11(15)8-4-5-9(12)17-8/h4-5,7H,6H2,1-3H3. The number of esters is 1. The SMILES string of the molecule is COC(=O)CN(C(=O)c1ccc(Cl)o1)C(C)C. The number of carbonyl (C=O) groups is 2. The lowest BCUT2D eigenvalue weighted by atomic mass is 10.3. The first-order chi connectivity index (χ1) is 7.95. The lowest BCUT2D eigenvalue weighted by molar-refractivity contribution is -0.141. The quantitative estimate of drug-likeness (QED) is 0.776. The van der Waals surface area contributed by atoms with Gasteiger partial charge in [0.15, 0.2) is 11.0 Å². The molecular weight excluding hydrogens is 246 g/mol. The topological polar surface area (TPSA) is 59.8 Å². The van der Waals surface area contributed by atoms with Gasteiger partial charge in [-0.1, -0.05) is 0 Å². The molecule has 0 aliphatic rings. The highest BCUT2D eigenvalue weighted by atomic mass is 35.5. The number of hydrogen-bond acceptors (Lipinski definition) is 4. The van der Waals surface area contributed by atoms with Crippen molar-refractivity contribution < 1.29 is 18.7 Å². The molecule has 1 aromatic heterocycles. The molecule has 0 aromatic carbocycles. The number of hydrogen-bond donors (Lipinski definition) is 0. The molecule has 0 atom stereocenters. The molecule has 6 heteroatoms. The molecule has 0 fully saturated rings. The lowest BCUT2D eigenvalue weighted by Gasteiger charge is -2.24. The number of amides is 1. The van der Waals surface area contributed by atoms with Crippen molar-refractivity contribution in [2.24, 2.45) is 0 Å². The van der Waals surface area contributed by atoms with Crippen LogP contribution in [0.1, 0.15) is 24.4 Å². The minimum Gasteiger partial charge on any atom is -0.468 e. The van der Waals surface area contributed by atoms with Gasteiger partial charge in [0.2, 0.25) is 0 Å². The van der Waals surface area contributed by atoms with Crippen LogP contribution >= 0.6 is 11.6 Å². The molecule has 0 aliphatic heterocycles. The van der Waals surface area contributed by atoms with E-state index in [1.165, 1.54) is 24.1 Å². The van der Waals surface area contributed by atoms with Gasteiger partial charge in [0.1, 0.15) is 6.54 Å². The van der Waals surface area contributed by atoms with E-state index in [1.54, 1.807) is 13.8 Å². The van der Waals surface area contributed by atoms with Crippen LogP contribution in [0.3, 0.4) is 0 Å². The van der Waals surface area contributed by atoms with Gasteiger partial charge in [0.05, 0.1) is 7.11 Å². The summed E-state index contributed by atoms with van der Waals surface area (Å²) in [6.07, 6.45) is 0. The van der Waals surface area contributed by atoms with Crippen LogP contribution in [0.15, 0.2) is 16.5 Å². The molecule has 17 heavy (non-hydrogen) atoms. The van der Waals surface area contributed by atoms with Gasteiger partial charge in [0, 0.05) is 6.04 Å². The van der Waals surface area contributed by atoms with Crippen molar-refractivity contribution in [3.05, 3.63) is 23.1 Å². The van der Waals surface area contributed by atoms with Gasteiger partial charge in [-0.15, -0.1) is 0 Å². The minimum atomic E-state index is -0.482. The molecule has 0 N–H and O–H groups in total. The Hall–Kier alpha value is -1.49. The molecular formula is C11H14ClNO4. The zero-order valence-corrected chi connectivity index (χ0v) is 10.7. The largest absolute Gasteiger partial charge is 0.468 e. The third-order valence-corrected chi connectivity index (χ3v) is 2.40. The fraction of sp³-hybridized carbons (Fsp3) is 0.455. The normalized spacial score (nSPS) is 10.4. The average Bonchev–Trinajstić information content (AvgIpc) is 2.71. The van der Waals surface area contributed by atoms with Gasteiger partial charge in [-0.25, -0.2) is 0 Å². The molecule has 0 aliphatic carbocycles. The molecule has 0 bridgehead atoms. The van der Waals surface area contributed by atoms with Gasteiger partial charge in [-0.05, 0) is 37.6 Å². The average molecular weight is 260 g/mol. The van der Waals surface area contributed by atoms with Crippen molar-refractivity contribution in [3.8, 4) is 0 Å². The maximum absolute atomic E-state index is 12.0. The van der Waals surface area contributed by atoms with Crippen LogP contribution in [0.5, 0.6) is 0 Å². The van der Waals surface area contributed by atoms with Crippen LogP contribution in [0.2, 0.25) is 5.22 Å². The zero-order valence-electron chi connectivity index (χ0n) is 9.90. The summed E-state index contributed by atoms with van der Waals surface area (Å²) in [6, 6.07) is 2.80. The summed E-state index contributed by atoms with van der Waals surface area (Å²) in [5, 5.41) is 0.134. The van der Waals surface area contributed by atoms with Gasteiger partial charge >= 0.3 is 5.97 Å². The van der Waals surface area contributed by atoms with Crippen molar-refractivity contribution in [2.45, 2.75) is 19.9 Å². The second kappa shape index (κ2) is 5.72. The zero-order chi connectivity index (χ0) is 13.0. The van der Waals surface area contributed by atoms with Gasteiger partial charge in [0.25, 0.3) is 5.91 Å². The lowest BCUT2D eigenvalue weighted by Crippen LogP contribution is -2.40. The van der Waals surface area contributed by atoms with Gasteiger partial charge in [-0.2, -0.15) is 0 Å². The summed E-state index contributed by atoms with van der Waals surface area (Å²) in [5.41, 5.74) is 0. The number of rotatable bonds is 4. The molecule has 94 valence electrons. The first kappa shape index (κ1) is 13.6.